The van der Waals surface area contributed by atoms with Crippen molar-refractivity contribution in [1.82, 2.24) is 10.6 Å². The Labute approximate surface area is 174 Å². The van der Waals surface area contributed by atoms with Gasteiger partial charge in [0.2, 0.25) is 5.91 Å². The number of carbonyl (C=O) groups is 3. The Morgan fingerprint density at radius 2 is 1.67 bits per heavy atom. The van der Waals surface area contributed by atoms with Gasteiger partial charge in [-0.15, -0.1) is 0 Å². The molecule has 2 aliphatic carbocycles. The summed E-state index contributed by atoms with van der Waals surface area (Å²) >= 11 is 0. The number of amides is 2. The second-order valence-corrected chi connectivity index (χ2v) is 7.88. The summed E-state index contributed by atoms with van der Waals surface area (Å²) in [7, 11) is 0. The van der Waals surface area contributed by atoms with Crippen LogP contribution in [0.3, 0.4) is 0 Å². The SMILES string of the molecule is CC(NC(=O)[C@@H]1C[C@@H]1CNC(=O)OCC1c2ccccc2-c2ccccc21)C(=O)O. The molecule has 7 nitrogen and oxygen atoms in total. The smallest absolute Gasteiger partial charge is 0.407 e. The average molecular weight is 408 g/mol. The third-order valence-corrected chi connectivity index (χ3v) is 5.84. The van der Waals surface area contributed by atoms with Crippen molar-refractivity contribution in [2.24, 2.45) is 11.8 Å². The summed E-state index contributed by atoms with van der Waals surface area (Å²) in [6.07, 6.45) is 0.115. The minimum atomic E-state index is -1.07. The molecule has 1 fully saturated rings. The molecule has 7 heteroatoms. The second kappa shape index (κ2) is 8.18. The molecule has 2 amide bonds. The summed E-state index contributed by atoms with van der Waals surface area (Å²) < 4.78 is 5.48. The lowest BCUT2D eigenvalue weighted by Crippen LogP contribution is -2.39. The number of carboxylic acid groups (broad SMARTS) is 1. The van der Waals surface area contributed by atoms with E-state index in [2.05, 4.69) is 34.9 Å². The molecule has 4 rings (SSSR count). The highest BCUT2D eigenvalue weighted by molar-refractivity contribution is 5.86. The number of hydrogen-bond acceptors (Lipinski definition) is 4. The van der Waals surface area contributed by atoms with Crippen molar-refractivity contribution in [2.45, 2.75) is 25.3 Å². The molecule has 0 aromatic heterocycles. The molecule has 3 N–H and O–H groups in total. The van der Waals surface area contributed by atoms with Crippen molar-refractivity contribution < 1.29 is 24.2 Å². The first-order valence-corrected chi connectivity index (χ1v) is 10.1. The number of rotatable bonds is 7. The van der Waals surface area contributed by atoms with Gasteiger partial charge in [0.05, 0.1) is 0 Å². The van der Waals surface area contributed by atoms with E-state index in [1.165, 1.54) is 18.1 Å². The lowest BCUT2D eigenvalue weighted by atomic mass is 9.98. The Balaban J connectivity index is 1.27. The molecule has 30 heavy (non-hydrogen) atoms. The van der Waals surface area contributed by atoms with Gasteiger partial charge in [-0.05, 0) is 41.5 Å². The predicted octanol–water partition coefficient (Wildman–Crippen LogP) is 2.75. The van der Waals surface area contributed by atoms with Crippen molar-refractivity contribution in [2.75, 3.05) is 13.2 Å². The Morgan fingerprint density at radius 3 is 2.27 bits per heavy atom. The van der Waals surface area contributed by atoms with E-state index >= 15 is 0 Å². The Bertz CT molecular complexity index is 944. The van der Waals surface area contributed by atoms with E-state index < -0.39 is 18.1 Å². The van der Waals surface area contributed by atoms with Gasteiger partial charge in [-0.25, -0.2) is 4.79 Å². The maximum Gasteiger partial charge on any atom is 0.407 e. The highest BCUT2D eigenvalue weighted by Crippen LogP contribution is 2.44. The van der Waals surface area contributed by atoms with Crippen molar-refractivity contribution in [3.63, 3.8) is 0 Å². The number of ether oxygens (including phenoxy) is 1. The number of carboxylic acids is 1. The van der Waals surface area contributed by atoms with Crippen LogP contribution in [0.5, 0.6) is 0 Å². The minimum absolute atomic E-state index is 0.0000996. The number of carbonyl (C=O) groups excluding carboxylic acids is 2. The fourth-order valence-electron chi connectivity index (χ4n) is 4.04. The fourth-order valence-corrected chi connectivity index (χ4v) is 4.04. The highest BCUT2D eigenvalue weighted by Gasteiger charge is 2.43. The first-order chi connectivity index (χ1) is 14.5. The monoisotopic (exact) mass is 408 g/mol. The zero-order valence-electron chi connectivity index (χ0n) is 16.6. The average Bonchev–Trinajstić information content (AvgIpc) is 3.46. The first-order valence-electron chi connectivity index (χ1n) is 10.1. The largest absolute Gasteiger partial charge is 0.480 e. The Hall–Kier alpha value is -3.35. The van der Waals surface area contributed by atoms with Gasteiger partial charge in [-0.2, -0.15) is 0 Å². The van der Waals surface area contributed by atoms with E-state index in [0.717, 1.165) is 11.1 Å². The van der Waals surface area contributed by atoms with Crippen molar-refractivity contribution in [3.8, 4) is 11.1 Å². The fraction of sp³-hybridized carbons (Fsp3) is 0.348. The standard InChI is InChI=1S/C23H24N2O5/c1-13(22(27)28)25-21(26)19-10-14(19)11-24-23(29)30-12-20-17-8-4-2-6-15(17)16-7-3-5-9-18(16)20/h2-9,13-14,19-20H,10-12H2,1H3,(H,24,29)(H,25,26)(H,27,28)/t13?,14-,19-/m1/s1. The van der Waals surface area contributed by atoms with Crippen LogP contribution in [0.4, 0.5) is 4.79 Å². The molecule has 0 aliphatic heterocycles. The van der Waals surface area contributed by atoms with Gasteiger partial charge in [-0.3, -0.25) is 9.59 Å². The topological polar surface area (TPSA) is 105 Å². The third kappa shape index (κ3) is 4.01. The number of alkyl carbamates (subject to hydrolysis) is 1. The van der Waals surface area contributed by atoms with Crippen LogP contribution >= 0.6 is 0 Å². The summed E-state index contributed by atoms with van der Waals surface area (Å²) in [5.41, 5.74) is 4.64. The van der Waals surface area contributed by atoms with Gasteiger partial charge < -0.3 is 20.5 Å². The molecular formula is C23H24N2O5. The van der Waals surface area contributed by atoms with Crippen LogP contribution in [-0.4, -0.2) is 42.3 Å². The highest BCUT2D eigenvalue weighted by atomic mass is 16.5. The quantitative estimate of drug-likeness (QED) is 0.653. The number of nitrogens with one attached hydrogen (secondary N) is 2. The minimum Gasteiger partial charge on any atom is -0.480 e. The Kier molecular flexibility index (Phi) is 5.44. The predicted molar refractivity (Wildman–Crippen MR) is 110 cm³/mol. The first kappa shape index (κ1) is 19.9. The summed E-state index contributed by atoms with van der Waals surface area (Å²) in [6.45, 7) is 1.99. The summed E-state index contributed by atoms with van der Waals surface area (Å²) in [6, 6.07) is 15.3. The van der Waals surface area contributed by atoms with Gasteiger partial charge in [0, 0.05) is 18.4 Å². The molecule has 0 spiro atoms. The van der Waals surface area contributed by atoms with Crippen LogP contribution in [0.1, 0.15) is 30.4 Å². The molecule has 156 valence electrons. The van der Waals surface area contributed by atoms with Crippen LogP contribution < -0.4 is 10.6 Å². The maximum atomic E-state index is 12.2. The number of aliphatic carboxylic acids is 1. The van der Waals surface area contributed by atoms with Crippen LogP contribution in [0.25, 0.3) is 11.1 Å². The zero-order valence-corrected chi connectivity index (χ0v) is 16.6. The normalized spacial score (nSPS) is 19.9. The van der Waals surface area contributed by atoms with E-state index in [0.29, 0.717) is 13.0 Å². The van der Waals surface area contributed by atoms with Gasteiger partial charge in [0.15, 0.2) is 0 Å². The van der Waals surface area contributed by atoms with Gasteiger partial charge in [0.25, 0.3) is 0 Å². The second-order valence-electron chi connectivity index (χ2n) is 7.88. The molecule has 0 saturated heterocycles. The summed E-state index contributed by atoms with van der Waals surface area (Å²) in [5.74, 6) is -1.62. The molecule has 2 aromatic carbocycles. The van der Waals surface area contributed by atoms with Crippen LogP contribution in [-0.2, 0) is 14.3 Å². The molecule has 0 bridgehead atoms. The molecule has 2 aliphatic rings. The van der Waals surface area contributed by atoms with Crippen molar-refractivity contribution in [1.29, 1.82) is 0 Å². The van der Waals surface area contributed by atoms with Crippen LogP contribution in [0.15, 0.2) is 48.5 Å². The van der Waals surface area contributed by atoms with Gasteiger partial charge >= 0.3 is 12.1 Å². The van der Waals surface area contributed by atoms with Gasteiger partial charge in [-0.1, -0.05) is 48.5 Å². The molecule has 0 heterocycles. The lowest BCUT2D eigenvalue weighted by molar-refractivity contribution is -0.141. The van der Waals surface area contributed by atoms with E-state index in [1.54, 1.807) is 0 Å². The molecular weight excluding hydrogens is 384 g/mol. The molecule has 0 radical (unpaired) electrons. The van der Waals surface area contributed by atoms with E-state index in [1.807, 2.05) is 24.3 Å². The molecule has 2 aromatic rings. The van der Waals surface area contributed by atoms with Crippen LogP contribution in [0.2, 0.25) is 0 Å². The lowest BCUT2D eigenvalue weighted by Gasteiger charge is -2.14. The van der Waals surface area contributed by atoms with E-state index in [9.17, 15) is 14.4 Å². The van der Waals surface area contributed by atoms with E-state index in [-0.39, 0.29) is 30.3 Å². The summed E-state index contributed by atoms with van der Waals surface area (Å²) in [5, 5.41) is 14.0. The number of hydrogen-bond donors (Lipinski definition) is 3. The molecule has 1 unspecified atom stereocenters. The maximum absolute atomic E-state index is 12.2. The van der Waals surface area contributed by atoms with Crippen LogP contribution in [0, 0.1) is 11.8 Å². The van der Waals surface area contributed by atoms with Gasteiger partial charge in [0.1, 0.15) is 12.6 Å². The van der Waals surface area contributed by atoms with E-state index in [4.69, 9.17) is 9.84 Å². The zero-order chi connectivity index (χ0) is 21.3. The Morgan fingerprint density at radius 1 is 1.07 bits per heavy atom. The summed E-state index contributed by atoms with van der Waals surface area (Å²) in [4.78, 5) is 35.0. The molecule has 3 atom stereocenters. The third-order valence-electron chi connectivity index (χ3n) is 5.84. The number of benzene rings is 2. The van der Waals surface area contributed by atoms with Crippen molar-refractivity contribution >= 4 is 18.0 Å². The molecule has 1 saturated carbocycles. The number of fused-ring (bicyclic) bond motifs is 3. The van der Waals surface area contributed by atoms with Crippen molar-refractivity contribution in [3.05, 3.63) is 59.7 Å².